The Morgan fingerprint density at radius 2 is 1.73 bits per heavy atom. The summed E-state index contributed by atoms with van der Waals surface area (Å²) in [5, 5.41) is 10.8. The Balaban J connectivity index is 2.25. The molecule has 0 heterocycles. The average Bonchev–Trinajstić information content (AvgIpc) is 2.53. The highest BCUT2D eigenvalue weighted by atomic mass is 19.1. The molecular weight excluding hydrogens is 279 g/mol. The van der Waals surface area contributed by atoms with Crippen molar-refractivity contribution in [2.24, 2.45) is 0 Å². The van der Waals surface area contributed by atoms with Crippen molar-refractivity contribution in [1.29, 1.82) is 0 Å². The number of carboxylic acids is 1. The molecule has 0 spiro atoms. The lowest BCUT2D eigenvalue weighted by molar-refractivity contribution is 0.0697. The van der Waals surface area contributed by atoms with Gasteiger partial charge in [-0.1, -0.05) is 55.5 Å². The van der Waals surface area contributed by atoms with Gasteiger partial charge in [0.05, 0.1) is 5.56 Å². The van der Waals surface area contributed by atoms with Crippen molar-refractivity contribution in [1.82, 2.24) is 0 Å². The van der Waals surface area contributed by atoms with Crippen LogP contribution in [0.4, 0.5) is 4.39 Å². The number of carbonyl (C=O) groups is 1. The number of benzene rings is 3. The van der Waals surface area contributed by atoms with E-state index in [1.54, 1.807) is 6.07 Å². The standard InChI is InChI=1S/C19H15FO2/c1-12(13-5-3-2-4-6-13)16-10-8-14-7-9-15(20)11-17(14)18(16)19(21)22/h2-12H,1H3,(H,21,22). The fraction of sp³-hybridized carbons (Fsp3) is 0.105. The molecule has 1 N–H and O–H groups in total. The van der Waals surface area contributed by atoms with Crippen molar-refractivity contribution < 1.29 is 14.3 Å². The van der Waals surface area contributed by atoms with Gasteiger partial charge < -0.3 is 5.11 Å². The largest absolute Gasteiger partial charge is 0.478 e. The Labute approximate surface area is 127 Å². The number of fused-ring (bicyclic) bond motifs is 1. The first-order chi connectivity index (χ1) is 10.6. The van der Waals surface area contributed by atoms with Gasteiger partial charge in [-0.05, 0) is 34.0 Å². The second-order valence-electron chi connectivity index (χ2n) is 5.33. The Bertz CT molecular complexity index is 841. The summed E-state index contributed by atoms with van der Waals surface area (Å²) in [5.74, 6) is -1.55. The van der Waals surface area contributed by atoms with Crippen LogP contribution in [0.1, 0.15) is 34.3 Å². The molecule has 22 heavy (non-hydrogen) atoms. The van der Waals surface area contributed by atoms with Crippen LogP contribution < -0.4 is 0 Å². The molecule has 0 radical (unpaired) electrons. The SMILES string of the molecule is CC(c1ccccc1)c1ccc2ccc(F)cc2c1C(=O)O. The van der Waals surface area contributed by atoms with Gasteiger partial charge in [-0.25, -0.2) is 9.18 Å². The lowest BCUT2D eigenvalue weighted by Crippen LogP contribution is -2.07. The molecule has 0 saturated carbocycles. The van der Waals surface area contributed by atoms with Crippen LogP contribution >= 0.6 is 0 Å². The van der Waals surface area contributed by atoms with E-state index in [-0.39, 0.29) is 11.5 Å². The third-order valence-electron chi connectivity index (χ3n) is 4.00. The Morgan fingerprint density at radius 1 is 1.05 bits per heavy atom. The molecule has 1 unspecified atom stereocenters. The van der Waals surface area contributed by atoms with Gasteiger partial charge in [0.25, 0.3) is 0 Å². The van der Waals surface area contributed by atoms with Crippen LogP contribution in [0.3, 0.4) is 0 Å². The van der Waals surface area contributed by atoms with Crippen molar-refractivity contribution >= 4 is 16.7 Å². The summed E-state index contributed by atoms with van der Waals surface area (Å²) in [6.45, 7) is 1.96. The lowest BCUT2D eigenvalue weighted by atomic mass is 9.87. The minimum absolute atomic E-state index is 0.0834. The quantitative estimate of drug-likeness (QED) is 0.751. The number of aromatic carboxylic acids is 1. The normalized spacial score (nSPS) is 12.3. The van der Waals surface area contributed by atoms with Gasteiger partial charge in [-0.3, -0.25) is 0 Å². The average molecular weight is 294 g/mol. The summed E-state index contributed by atoms with van der Waals surface area (Å²) in [4.78, 5) is 11.8. The van der Waals surface area contributed by atoms with Gasteiger partial charge in [0, 0.05) is 5.92 Å². The number of halogens is 1. The molecular formula is C19H15FO2. The molecule has 0 aliphatic rings. The van der Waals surface area contributed by atoms with Crippen LogP contribution in [0, 0.1) is 5.82 Å². The van der Waals surface area contributed by atoms with E-state index in [0.29, 0.717) is 10.9 Å². The number of hydrogen-bond acceptors (Lipinski definition) is 1. The van der Waals surface area contributed by atoms with E-state index in [1.807, 2.05) is 49.4 Å². The summed E-state index contributed by atoms with van der Waals surface area (Å²) in [7, 11) is 0. The molecule has 3 heteroatoms. The predicted octanol–water partition coefficient (Wildman–Crippen LogP) is 4.83. The topological polar surface area (TPSA) is 37.3 Å². The summed E-state index contributed by atoms with van der Waals surface area (Å²) in [6, 6.07) is 17.6. The second kappa shape index (κ2) is 5.60. The molecule has 0 bridgehead atoms. The first-order valence-electron chi connectivity index (χ1n) is 7.08. The molecule has 110 valence electrons. The van der Waals surface area contributed by atoms with Crippen molar-refractivity contribution in [2.45, 2.75) is 12.8 Å². The highest BCUT2D eigenvalue weighted by Crippen LogP contribution is 2.32. The first-order valence-corrected chi connectivity index (χ1v) is 7.08. The molecule has 1 atom stereocenters. The minimum atomic E-state index is -1.03. The fourth-order valence-electron chi connectivity index (χ4n) is 2.83. The number of rotatable bonds is 3. The van der Waals surface area contributed by atoms with Gasteiger partial charge in [-0.15, -0.1) is 0 Å². The van der Waals surface area contributed by atoms with Crippen LogP contribution in [0.15, 0.2) is 60.7 Å². The molecule has 3 aromatic rings. The van der Waals surface area contributed by atoms with E-state index in [0.717, 1.165) is 10.9 Å². The third-order valence-corrected chi connectivity index (χ3v) is 4.00. The highest BCUT2D eigenvalue weighted by Gasteiger charge is 2.20. The zero-order chi connectivity index (χ0) is 15.7. The Hall–Kier alpha value is -2.68. The van der Waals surface area contributed by atoms with Crippen molar-refractivity contribution in [3.63, 3.8) is 0 Å². The van der Waals surface area contributed by atoms with Gasteiger partial charge in [0.2, 0.25) is 0 Å². The maximum atomic E-state index is 13.5. The van der Waals surface area contributed by atoms with Crippen LogP contribution in [0.2, 0.25) is 0 Å². The molecule has 0 amide bonds. The van der Waals surface area contributed by atoms with Crippen LogP contribution in [0.5, 0.6) is 0 Å². The zero-order valence-electron chi connectivity index (χ0n) is 12.1. The smallest absolute Gasteiger partial charge is 0.336 e. The molecule has 0 fully saturated rings. The van der Waals surface area contributed by atoms with Crippen LogP contribution in [-0.4, -0.2) is 11.1 Å². The van der Waals surface area contributed by atoms with Gasteiger partial charge in [0.15, 0.2) is 0 Å². The third kappa shape index (κ3) is 2.46. The van der Waals surface area contributed by atoms with E-state index in [2.05, 4.69) is 0 Å². The maximum absolute atomic E-state index is 13.5. The molecule has 0 aliphatic carbocycles. The first kappa shape index (κ1) is 14.3. The van der Waals surface area contributed by atoms with Crippen LogP contribution in [0.25, 0.3) is 10.8 Å². The minimum Gasteiger partial charge on any atom is -0.478 e. The zero-order valence-corrected chi connectivity index (χ0v) is 12.1. The molecule has 3 rings (SSSR count). The van der Waals surface area contributed by atoms with Gasteiger partial charge in [0.1, 0.15) is 5.82 Å². The summed E-state index contributed by atoms with van der Waals surface area (Å²) >= 11 is 0. The number of carboxylic acid groups (broad SMARTS) is 1. The molecule has 3 aromatic carbocycles. The number of hydrogen-bond donors (Lipinski definition) is 1. The second-order valence-corrected chi connectivity index (χ2v) is 5.33. The van der Waals surface area contributed by atoms with Gasteiger partial charge >= 0.3 is 5.97 Å². The fourth-order valence-corrected chi connectivity index (χ4v) is 2.83. The summed E-state index contributed by atoms with van der Waals surface area (Å²) in [5.41, 5.74) is 1.89. The van der Waals surface area contributed by atoms with Crippen molar-refractivity contribution in [3.8, 4) is 0 Å². The monoisotopic (exact) mass is 294 g/mol. The Kier molecular flexibility index (Phi) is 3.63. The van der Waals surface area contributed by atoms with Crippen molar-refractivity contribution in [3.05, 3.63) is 83.2 Å². The maximum Gasteiger partial charge on any atom is 0.336 e. The molecule has 2 nitrogen and oxygen atoms in total. The van der Waals surface area contributed by atoms with Crippen LogP contribution in [-0.2, 0) is 0 Å². The molecule has 0 aromatic heterocycles. The van der Waals surface area contributed by atoms with Gasteiger partial charge in [-0.2, -0.15) is 0 Å². The summed E-state index contributed by atoms with van der Waals surface area (Å²) < 4.78 is 13.5. The van der Waals surface area contributed by atoms with E-state index < -0.39 is 11.8 Å². The van der Waals surface area contributed by atoms with E-state index in [9.17, 15) is 14.3 Å². The molecule has 0 aliphatic heterocycles. The van der Waals surface area contributed by atoms with Crippen molar-refractivity contribution in [2.75, 3.05) is 0 Å². The lowest BCUT2D eigenvalue weighted by Gasteiger charge is -2.17. The van der Waals surface area contributed by atoms with E-state index >= 15 is 0 Å². The van der Waals surface area contributed by atoms with E-state index in [1.165, 1.54) is 12.1 Å². The highest BCUT2D eigenvalue weighted by molar-refractivity contribution is 6.05. The molecule has 0 saturated heterocycles. The predicted molar refractivity (Wildman–Crippen MR) is 84.8 cm³/mol. The van der Waals surface area contributed by atoms with E-state index in [4.69, 9.17) is 0 Å². The Morgan fingerprint density at radius 3 is 2.41 bits per heavy atom. The summed E-state index contributed by atoms with van der Waals surface area (Å²) in [6.07, 6.45) is 0.